The Hall–Kier alpha value is -1.31. The molecular weight excluding hydrogens is 302 g/mol. The molecule has 0 aliphatic carbocycles. The highest BCUT2D eigenvalue weighted by Crippen LogP contribution is 2.31. The van der Waals surface area contributed by atoms with Crippen LogP contribution < -0.4 is 0 Å². The van der Waals surface area contributed by atoms with E-state index in [1.807, 2.05) is 0 Å². The maximum Gasteiger partial charge on any atom is -0.00247 e. The van der Waals surface area contributed by atoms with Gasteiger partial charge in [0.1, 0.15) is 0 Å². The molecule has 126 valence electrons. The van der Waals surface area contributed by atoms with E-state index in [9.17, 15) is 0 Å². The van der Waals surface area contributed by atoms with Crippen LogP contribution in [0.1, 0.15) is 36.8 Å². The van der Waals surface area contributed by atoms with Crippen molar-refractivity contribution in [2.45, 2.75) is 32.1 Å². The van der Waals surface area contributed by atoms with Crippen LogP contribution in [0.25, 0.3) is 0 Å². The second-order valence-electron chi connectivity index (χ2n) is 6.63. The smallest absolute Gasteiger partial charge is 0.00247 e. The summed E-state index contributed by atoms with van der Waals surface area (Å²) in [5.41, 5.74) is 2.92. The molecule has 2 heteroatoms. The summed E-state index contributed by atoms with van der Waals surface area (Å²) in [6.45, 7) is 3.59. The van der Waals surface area contributed by atoms with Crippen molar-refractivity contribution in [1.29, 1.82) is 0 Å². The molecule has 0 saturated heterocycles. The first kappa shape index (κ1) is 19.7. The van der Waals surface area contributed by atoms with Crippen molar-refractivity contribution >= 4 is 12.4 Å². The van der Waals surface area contributed by atoms with Gasteiger partial charge in [0, 0.05) is 0 Å². The summed E-state index contributed by atoms with van der Waals surface area (Å²) in [6, 6.07) is 21.9. The fourth-order valence-electron chi connectivity index (χ4n) is 3.15. The molecule has 2 aromatic carbocycles. The van der Waals surface area contributed by atoms with Crippen molar-refractivity contribution in [3.05, 3.63) is 71.8 Å². The summed E-state index contributed by atoms with van der Waals surface area (Å²) in [5.74, 6) is 1.30. The molecule has 0 bridgehead atoms. The highest BCUT2D eigenvalue weighted by Gasteiger charge is 2.19. The van der Waals surface area contributed by atoms with Gasteiger partial charge in [-0.2, -0.15) is 0 Å². The molecule has 2 atom stereocenters. The van der Waals surface area contributed by atoms with Gasteiger partial charge in [-0.05, 0) is 62.9 Å². The average molecular weight is 332 g/mol. The zero-order valence-corrected chi connectivity index (χ0v) is 15.4. The summed E-state index contributed by atoms with van der Waals surface area (Å²) in [7, 11) is 4.31. The van der Waals surface area contributed by atoms with Gasteiger partial charge in [0.05, 0.1) is 0 Å². The molecule has 0 N–H and O–H groups in total. The standard InChI is InChI=1S/C21H29N.ClH/c1-18(11-10-16-22(2)3)21(20-14-8-5-9-15-20)17-19-12-6-4-7-13-19;/h4-9,12-15,18,21H,10-11,16-17H2,1-3H3;1H. The summed E-state index contributed by atoms with van der Waals surface area (Å²) >= 11 is 0. The Kier molecular flexibility index (Phi) is 8.98. The van der Waals surface area contributed by atoms with Crippen LogP contribution in [0.4, 0.5) is 0 Å². The lowest BCUT2D eigenvalue weighted by atomic mass is 9.80. The molecule has 0 radical (unpaired) electrons. The van der Waals surface area contributed by atoms with Gasteiger partial charge in [-0.15, -0.1) is 12.4 Å². The van der Waals surface area contributed by atoms with Crippen LogP contribution >= 0.6 is 12.4 Å². The van der Waals surface area contributed by atoms with Gasteiger partial charge in [0.25, 0.3) is 0 Å². The minimum absolute atomic E-state index is 0. The largest absolute Gasteiger partial charge is 0.309 e. The third kappa shape index (κ3) is 6.76. The van der Waals surface area contributed by atoms with Crippen molar-refractivity contribution in [3.63, 3.8) is 0 Å². The monoisotopic (exact) mass is 331 g/mol. The maximum atomic E-state index is 2.41. The first-order valence-electron chi connectivity index (χ1n) is 8.40. The van der Waals surface area contributed by atoms with E-state index in [1.165, 1.54) is 30.5 Å². The first-order valence-corrected chi connectivity index (χ1v) is 8.40. The maximum absolute atomic E-state index is 2.41. The van der Waals surface area contributed by atoms with E-state index >= 15 is 0 Å². The third-order valence-corrected chi connectivity index (χ3v) is 4.48. The molecule has 0 aromatic heterocycles. The van der Waals surface area contributed by atoms with Gasteiger partial charge < -0.3 is 4.90 Å². The Morgan fingerprint density at radius 3 is 2.00 bits per heavy atom. The van der Waals surface area contributed by atoms with Crippen LogP contribution in [0.15, 0.2) is 60.7 Å². The summed E-state index contributed by atoms with van der Waals surface area (Å²) in [4.78, 5) is 2.28. The van der Waals surface area contributed by atoms with Crippen molar-refractivity contribution in [2.75, 3.05) is 20.6 Å². The molecule has 2 aromatic rings. The lowest BCUT2D eigenvalue weighted by Gasteiger charge is -2.25. The van der Waals surface area contributed by atoms with Crippen LogP contribution in [-0.4, -0.2) is 25.5 Å². The van der Waals surface area contributed by atoms with E-state index in [2.05, 4.69) is 86.6 Å². The lowest BCUT2D eigenvalue weighted by Crippen LogP contribution is -2.17. The predicted octanol–water partition coefficient (Wildman–Crippen LogP) is 5.41. The van der Waals surface area contributed by atoms with Crippen molar-refractivity contribution in [2.24, 2.45) is 5.92 Å². The SMILES string of the molecule is CC(CCCN(C)C)C(Cc1ccccc1)c1ccccc1.Cl. The number of benzene rings is 2. The molecule has 0 spiro atoms. The molecule has 23 heavy (non-hydrogen) atoms. The molecule has 0 saturated carbocycles. The van der Waals surface area contributed by atoms with Crippen LogP contribution in [0.5, 0.6) is 0 Å². The molecule has 0 heterocycles. The topological polar surface area (TPSA) is 3.24 Å². The number of hydrogen-bond acceptors (Lipinski definition) is 1. The van der Waals surface area contributed by atoms with Gasteiger partial charge in [-0.1, -0.05) is 67.6 Å². The molecule has 1 nitrogen and oxygen atoms in total. The molecular formula is C21H30ClN. The van der Waals surface area contributed by atoms with Crippen LogP contribution in [-0.2, 0) is 6.42 Å². The van der Waals surface area contributed by atoms with Gasteiger partial charge in [0.2, 0.25) is 0 Å². The Morgan fingerprint density at radius 2 is 1.43 bits per heavy atom. The number of halogens is 1. The molecule has 0 aliphatic heterocycles. The summed E-state index contributed by atoms with van der Waals surface area (Å²) in [6.07, 6.45) is 3.69. The second kappa shape index (κ2) is 10.5. The molecule has 2 rings (SSSR count). The zero-order chi connectivity index (χ0) is 15.8. The van der Waals surface area contributed by atoms with Gasteiger partial charge in [0.15, 0.2) is 0 Å². The first-order chi connectivity index (χ1) is 10.7. The third-order valence-electron chi connectivity index (χ3n) is 4.48. The fraction of sp³-hybridized carbons (Fsp3) is 0.429. The normalized spacial score (nSPS) is 13.4. The number of rotatable bonds is 8. The minimum atomic E-state index is 0. The highest BCUT2D eigenvalue weighted by molar-refractivity contribution is 5.85. The molecule has 0 fully saturated rings. The Bertz CT molecular complexity index is 524. The Morgan fingerprint density at radius 1 is 0.870 bits per heavy atom. The predicted molar refractivity (Wildman–Crippen MR) is 104 cm³/mol. The van der Waals surface area contributed by atoms with Crippen molar-refractivity contribution in [3.8, 4) is 0 Å². The Balaban J connectivity index is 0.00000264. The molecule has 0 aliphatic rings. The molecule has 2 unspecified atom stereocenters. The van der Waals surface area contributed by atoms with E-state index < -0.39 is 0 Å². The average Bonchev–Trinajstić information content (AvgIpc) is 2.54. The fourth-order valence-corrected chi connectivity index (χ4v) is 3.15. The second-order valence-corrected chi connectivity index (χ2v) is 6.63. The van der Waals surface area contributed by atoms with E-state index in [1.54, 1.807) is 0 Å². The van der Waals surface area contributed by atoms with Crippen LogP contribution in [0, 0.1) is 5.92 Å². The van der Waals surface area contributed by atoms with E-state index in [4.69, 9.17) is 0 Å². The van der Waals surface area contributed by atoms with Crippen LogP contribution in [0.3, 0.4) is 0 Å². The number of hydrogen-bond donors (Lipinski definition) is 0. The minimum Gasteiger partial charge on any atom is -0.309 e. The zero-order valence-electron chi connectivity index (χ0n) is 14.6. The van der Waals surface area contributed by atoms with Gasteiger partial charge >= 0.3 is 0 Å². The number of nitrogens with zero attached hydrogens (tertiary/aromatic N) is 1. The van der Waals surface area contributed by atoms with Crippen LogP contribution in [0.2, 0.25) is 0 Å². The van der Waals surface area contributed by atoms with E-state index in [0.717, 1.165) is 6.42 Å². The van der Waals surface area contributed by atoms with Crippen molar-refractivity contribution < 1.29 is 0 Å². The summed E-state index contributed by atoms with van der Waals surface area (Å²) < 4.78 is 0. The molecule has 0 amide bonds. The van der Waals surface area contributed by atoms with E-state index in [-0.39, 0.29) is 12.4 Å². The lowest BCUT2D eigenvalue weighted by molar-refractivity contribution is 0.350. The Labute approximate surface area is 148 Å². The van der Waals surface area contributed by atoms with Crippen molar-refractivity contribution in [1.82, 2.24) is 4.90 Å². The quantitative estimate of drug-likeness (QED) is 0.625. The van der Waals surface area contributed by atoms with E-state index in [0.29, 0.717) is 11.8 Å². The highest BCUT2D eigenvalue weighted by atomic mass is 35.5. The van der Waals surface area contributed by atoms with Gasteiger partial charge in [-0.3, -0.25) is 0 Å². The van der Waals surface area contributed by atoms with Gasteiger partial charge in [-0.25, -0.2) is 0 Å². The summed E-state index contributed by atoms with van der Waals surface area (Å²) in [5, 5.41) is 0.